The van der Waals surface area contributed by atoms with Crippen LogP contribution in [0.25, 0.3) is 0 Å². The van der Waals surface area contributed by atoms with Crippen LogP contribution in [0.3, 0.4) is 0 Å². The van der Waals surface area contributed by atoms with E-state index in [2.05, 4.69) is 24.8 Å². The monoisotopic (exact) mass is 224 g/mol. The summed E-state index contributed by atoms with van der Waals surface area (Å²) < 4.78 is 5.85. The number of anilines is 1. The molecule has 0 amide bonds. The van der Waals surface area contributed by atoms with Gasteiger partial charge in [-0.2, -0.15) is 9.47 Å². The van der Waals surface area contributed by atoms with Crippen molar-refractivity contribution in [3.05, 3.63) is 18.0 Å². The average Bonchev–Trinajstić information content (AvgIpc) is 2.83. The molecule has 6 nitrogen and oxygen atoms in total. The number of rotatable bonds is 4. The molecule has 7 heteroatoms. The Labute approximate surface area is 91.5 Å². The van der Waals surface area contributed by atoms with Gasteiger partial charge >= 0.3 is 0 Å². The van der Waals surface area contributed by atoms with Crippen LogP contribution in [0.2, 0.25) is 0 Å². The highest BCUT2D eigenvalue weighted by Crippen LogP contribution is 2.11. The fraction of sp³-hybridized carbons (Fsp3) is 0.500. The number of hydrogen-bond donors (Lipinski definition) is 1. The maximum absolute atomic E-state index is 4.28. The van der Waals surface area contributed by atoms with Crippen molar-refractivity contribution in [3.8, 4) is 0 Å². The van der Waals surface area contributed by atoms with Gasteiger partial charge in [0.15, 0.2) is 5.82 Å². The van der Waals surface area contributed by atoms with E-state index in [1.807, 2.05) is 14.0 Å². The largest absolute Gasteiger partial charge is 0.353 e. The molecule has 0 atom stereocenters. The average molecular weight is 224 g/mol. The molecule has 2 aromatic rings. The van der Waals surface area contributed by atoms with E-state index in [-0.39, 0.29) is 0 Å². The summed E-state index contributed by atoms with van der Waals surface area (Å²) in [5, 5.41) is 8.11. The highest BCUT2D eigenvalue weighted by Gasteiger charge is 2.03. The molecule has 0 unspecified atom stereocenters. The minimum atomic E-state index is 0.583. The molecule has 15 heavy (non-hydrogen) atoms. The summed E-state index contributed by atoms with van der Waals surface area (Å²) in [6.07, 6.45) is 2.54. The standard InChI is InChI=1S/C8H12N6S/c1-3-6-11-8(15-13-6)9-4-7-10-5-14(2)12-7/h5H,3-4H2,1-2H3,(H,9,11,13). The fourth-order valence-corrected chi connectivity index (χ4v) is 1.73. The summed E-state index contributed by atoms with van der Waals surface area (Å²) in [5.41, 5.74) is 0. The van der Waals surface area contributed by atoms with Crippen molar-refractivity contribution in [2.75, 3.05) is 5.32 Å². The molecule has 0 saturated carbocycles. The van der Waals surface area contributed by atoms with Crippen molar-refractivity contribution < 1.29 is 0 Å². The minimum Gasteiger partial charge on any atom is -0.353 e. The molecule has 0 saturated heterocycles. The van der Waals surface area contributed by atoms with Crippen LogP contribution < -0.4 is 5.32 Å². The van der Waals surface area contributed by atoms with Gasteiger partial charge in [0, 0.05) is 25.0 Å². The Hall–Kier alpha value is -1.50. The van der Waals surface area contributed by atoms with Crippen molar-refractivity contribution in [1.29, 1.82) is 0 Å². The van der Waals surface area contributed by atoms with E-state index in [1.165, 1.54) is 11.5 Å². The van der Waals surface area contributed by atoms with Crippen molar-refractivity contribution in [1.82, 2.24) is 24.1 Å². The molecule has 0 aliphatic carbocycles. The molecule has 0 fully saturated rings. The summed E-state index contributed by atoms with van der Waals surface area (Å²) in [6.45, 7) is 2.62. The zero-order chi connectivity index (χ0) is 10.7. The Balaban J connectivity index is 1.93. The Morgan fingerprint density at radius 3 is 2.93 bits per heavy atom. The molecule has 0 bridgehead atoms. The molecular weight excluding hydrogens is 212 g/mol. The minimum absolute atomic E-state index is 0.583. The topological polar surface area (TPSA) is 68.5 Å². The lowest BCUT2D eigenvalue weighted by atomic mass is 10.5. The predicted molar refractivity (Wildman–Crippen MR) is 57.6 cm³/mol. The van der Waals surface area contributed by atoms with Gasteiger partial charge in [0.1, 0.15) is 12.2 Å². The maximum atomic E-state index is 4.28. The summed E-state index contributed by atoms with van der Waals surface area (Å²) >= 11 is 1.37. The van der Waals surface area contributed by atoms with Gasteiger partial charge in [-0.3, -0.25) is 4.68 Å². The van der Waals surface area contributed by atoms with E-state index in [9.17, 15) is 0 Å². The number of nitrogens with one attached hydrogen (secondary N) is 1. The first kappa shape index (κ1) is 10.0. The molecule has 0 radical (unpaired) electrons. The molecule has 0 aliphatic heterocycles. The Morgan fingerprint density at radius 1 is 1.47 bits per heavy atom. The molecule has 0 spiro atoms. The number of aryl methyl sites for hydroxylation is 2. The molecular formula is C8H12N6S. The van der Waals surface area contributed by atoms with E-state index in [4.69, 9.17) is 0 Å². The van der Waals surface area contributed by atoms with Crippen LogP contribution in [0.4, 0.5) is 5.13 Å². The van der Waals surface area contributed by atoms with Gasteiger partial charge in [-0.25, -0.2) is 9.97 Å². The van der Waals surface area contributed by atoms with Gasteiger partial charge in [-0.1, -0.05) is 6.92 Å². The van der Waals surface area contributed by atoms with Crippen molar-refractivity contribution >= 4 is 16.7 Å². The lowest BCUT2D eigenvalue weighted by Gasteiger charge is -1.95. The second-order valence-corrected chi connectivity index (χ2v) is 3.81. The van der Waals surface area contributed by atoms with Gasteiger partial charge in [-0.15, -0.1) is 0 Å². The van der Waals surface area contributed by atoms with Crippen molar-refractivity contribution in [3.63, 3.8) is 0 Å². The number of aromatic nitrogens is 5. The normalized spacial score (nSPS) is 10.5. The van der Waals surface area contributed by atoms with Gasteiger partial charge in [0.2, 0.25) is 5.13 Å². The molecule has 80 valence electrons. The van der Waals surface area contributed by atoms with E-state index in [0.717, 1.165) is 23.2 Å². The molecule has 2 rings (SSSR count). The zero-order valence-electron chi connectivity index (χ0n) is 8.64. The lowest BCUT2D eigenvalue weighted by molar-refractivity contribution is 0.747. The summed E-state index contributed by atoms with van der Waals surface area (Å²) in [7, 11) is 1.84. The van der Waals surface area contributed by atoms with Gasteiger partial charge < -0.3 is 5.32 Å². The summed E-state index contributed by atoms with van der Waals surface area (Å²) in [5.74, 6) is 1.63. The fourth-order valence-electron chi connectivity index (χ4n) is 1.09. The molecule has 2 heterocycles. The first-order valence-electron chi connectivity index (χ1n) is 4.69. The third kappa shape index (κ3) is 2.50. The van der Waals surface area contributed by atoms with Gasteiger partial charge in [0.05, 0.1) is 6.54 Å². The SMILES string of the molecule is CCc1nsc(NCc2ncn(C)n2)n1. The number of hydrogen-bond acceptors (Lipinski definition) is 6. The molecule has 0 aromatic carbocycles. The third-order valence-electron chi connectivity index (χ3n) is 1.83. The van der Waals surface area contributed by atoms with Crippen LogP contribution in [-0.2, 0) is 20.0 Å². The van der Waals surface area contributed by atoms with Crippen molar-refractivity contribution in [2.45, 2.75) is 19.9 Å². The van der Waals surface area contributed by atoms with E-state index >= 15 is 0 Å². The highest BCUT2D eigenvalue weighted by molar-refractivity contribution is 7.09. The molecule has 2 aromatic heterocycles. The molecule has 0 aliphatic rings. The highest BCUT2D eigenvalue weighted by atomic mass is 32.1. The van der Waals surface area contributed by atoms with Gasteiger partial charge in [0.25, 0.3) is 0 Å². The smallest absolute Gasteiger partial charge is 0.202 e. The van der Waals surface area contributed by atoms with Crippen LogP contribution in [0.5, 0.6) is 0 Å². The second-order valence-electron chi connectivity index (χ2n) is 3.06. The quantitative estimate of drug-likeness (QED) is 0.833. The zero-order valence-corrected chi connectivity index (χ0v) is 9.45. The summed E-state index contributed by atoms with van der Waals surface area (Å²) in [6, 6.07) is 0. The Kier molecular flexibility index (Phi) is 2.91. The Morgan fingerprint density at radius 2 is 2.33 bits per heavy atom. The third-order valence-corrected chi connectivity index (χ3v) is 2.54. The van der Waals surface area contributed by atoms with E-state index in [1.54, 1.807) is 11.0 Å². The van der Waals surface area contributed by atoms with E-state index in [0.29, 0.717) is 6.54 Å². The van der Waals surface area contributed by atoms with Crippen LogP contribution >= 0.6 is 11.5 Å². The summed E-state index contributed by atoms with van der Waals surface area (Å²) in [4.78, 5) is 8.39. The van der Waals surface area contributed by atoms with Crippen LogP contribution in [0.1, 0.15) is 18.6 Å². The maximum Gasteiger partial charge on any atom is 0.202 e. The van der Waals surface area contributed by atoms with Gasteiger partial charge in [-0.05, 0) is 0 Å². The number of nitrogens with zero attached hydrogens (tertiary/aromatic N) is 5. The Bertz CT molecular complexity index is 434. The second kappa shape index (κ2) is 4.35. The van der Waals surface area contributed by atoms with Crippen LogP contribution in [-0.4, -0.2) is 24.1 Å². The van der Waals surface area contributed by atoms with Crippen molar-refractivity contribution in [2.24, 2.45) is 7.05 Å². The van der Waals surface area contributed by atoms with Crippen LogP contribution in [0, 0.1) is 0 Å². The predicted octanol–water partition coefficient (Wildman–Crippen LogP) is 0.841. The first-order valence-corrected chi connectivity index (χ1v) is 5.46. The molecule has 1 N–H and O–H groups in total. The van der Waals surface area contributed by atoms with E-state index < -0.39 is 0 Å². The van der Waals surface area contributed by atoms with Crippen LogP contribution in [0.15, 0.2) is 6.33 Å². The lowest BCUT2D eigenvalue weighted by Crippen LogP contribution is -2.02. The first-order chi connectivity index (χ1) is 7.28.